The fourth-order valence-electron chi connectivity index (χ4n) is 3.34. The van der Waals surface area contributed by atoms with Crippen molar-refractivity contribution in [2.45, 2.75) is 16.8 Å². The summed E-state index contributed by atoms with van der Waals surface area (Å²) in [4.78, 5) is 14.1. The first-order valence-electron chi connectivity index (χ1n) is 10.0. The maximum Gasteiger partial charge on any atom is 0.253 e. The Bertz CT molecular complexity index is 1240. The van der Waals surface area contributed by atoms with Gasteiger partial charge in [0.15, 0.2) is 4.34 Å². The molecule has 1 aliphatic rings. The second-order valence-corrected chi connectivity index (χ2v) is 10.2. The maximum absolute atomic E-state index is 13.1. The van der Waals surface area contributed by atoms with E-state index in [2.05, 4.69) is 20.6 Å². The second-order valence-electron chi connectivity index (χ2n) is 7.01. The molecule has 8 nitrogen and oxygen atoms in total. The number of thioether (sulfide) groups is 1. The van der Waals surface area contributed by atoms with E-state index in [1.807, 2.05) is 53.9 Å². The Morgan fingerprint density at radius 2 is 2.12 bits per heavy atom. The zero-order chi connectivity index (χ0) is 22.6. The van der Waals surface area contributed by atoms with E-state index in [4.69, 9.17) is 9.15 Å². The normalized spacial score (nSPS) is 15.5. The summed E-state index contributed by atoms with van der Waals surface area (Å²) >= 11 is 4.36. The van der Waals surface area contributed by atoms with Crippen LogP contribution in [0.15, 0.2) is 74.0 Å². The molecule has 0 radical (unpaired) electrons. The highest BCUT2D eigenvalue weighted by atomic mass is 32.2. The van der Waals surface area contributed by atoms with Crippen molar-refractivity contribution in [1.29, 1.82) is 0 Å². The van der Waals surface area contributed by atoms with Crippen molar-refractivity contribution < 1.29 is 13.9 Å². The van der Waals surface area contributed by atoms with Gasteiger partial charge < -0.3 is 14.5 Å². The molecular weight excluding hydrogens is 478 g/mol. The summed E-state index contributed by atoms with van der Waals surface area (Å²) in [6.45, 7) is 0. The molecule has 0 unspecified atom stereocenters. The molecule has 1 atom stereocenters. The molecule has 1 aliphatic heterocycles. The largest absolute Gasteiger partial charge is 0.497 e. The van der Waals surface area contributed by atoms with Gasteiger partial charge >= 0.3 is 0 Å². The summed E-state index contributed by atoms with van der Waals surface area (Å²) in [5.41, 5.74) is 1.78. The molecule has 0 saturated carbocycles. The lowest BCUT2D eigenvalue weighted by atomic mass is 10.1. The van der Waals surface area contributed by atoms with Crippen LogP contribution in [-0.2, 0) is 4.79 Å². The van der Waals surface area contributed by atoms with E-state index in [0.29, 0.717) is 15.9 Å². The number of hydrogen-bond donors (Lipinski definition) is 1. The molecule has 1 amide bonds. The van der Waals surface area contributed by atoms with E-state index in [1.54, 1.807) is 29.7 Å². The lowest BCUT2D eigenvalue weighted by Gasteiger charge is -2.19. The van der Waals surface area contributed by atoms with Crippen LogP contribution in [0.2, 0.25) is 0 Å². The second kappa shape index (κ2) is 9.77. The molecule has 0 fully saturated rings. The van der Waals surface area contributed by atoms with E-state index in [-0.39, 0.29) is 17.7 Å². The Morgan fingerprint density at radius 3 is 2.85 bits per heavy atom. The molecule has 1 aromatic carbocycles. The zero-order valence-electron chi connectivity index (χ0n) is 17.5. The van der Waals surface area contributed by atoms with Crippen molar-refractivity contribution >= 4 is 56.9 Å². The van der Waals surface area contributed by atoms with Crippen LogP contribution in [0.1, 0.15) is 23.1 Å². The average Bonchev–Trinajstić information content (AvgIpc) is 3.63. The van der Waals surface area contributed by atoms with Gasteiger partial charge in [-0.05, 0) is 47.8 Å². The Balaban J connectivity index is 1.24. The summed E-state index contributed by atoms with van der Waals surface area (Å²) in [5.74, 6) is 1.61. The van der Waals surface area contributed by atoms with Gasteiger partial charge in [-0.3, -0.25) is 4.79 Å². The Labute approximate surface area is 202 Å². The van der Waals surface area contributed by atoms with Crippen LogP contribution in [0.4, 0.5) is 10.8 Å². The summed E-state index contributed by atoms with van der Waals surface area (Å²) in [6.07, 6.45) is 2.24. The molecule has 3 aromatic heterocycles. The minimum Gasteiger partial charge on any atom is -0.497 e. The van der Waals surface area contributed by atoms with Gasteiger partial charge in [-0.1, -0.05) is 29.2 Å². The van der Waals surface area contributed by atoms with Crippen molar-refractivity contribution in [2.24, 2.45) is 5.10 Å². The molecule has 33 heavy (non-hydrogen) atoms. The molecule has 0 aliphatic carbocycles. The summed E-state index contributed by atoms with van der Waals surface area (Å²) in [7, 11) is 1.63. The zero-order valence-corrected chi connectivity index (χ0v) is 20.0. The van der Waals surface area contributed by atoms with Gasteiger partial charge in [0.2, 0.25) is 5.13 Å². The number of carbonyl (C=O) groups excluding carboxylic acids is 1. The van der Waals surface area contributed by atoms with Crippen LogP contribution in [0, 0.1) is 0 Å². The fourth-order valence-corrected chi connectivity index (χ4v) is 5.69. The highest BCUT2D eigenvalue weighted by Gasteiger charge is 2.35. The summed E-state index contributed by atoms with van der Waals surface area (Å²) in [5, 5.41) is 20.4. The van der Waals surface area contributed by atoms with Crippen LogP contribution in [0.5, 0.6) is 5.75 Å². The molecule has 4 heterocycles. The van der Waals surface area contributed by atoms with Crippen LogP contribution in [-0.4, -0.2) is 39.7 Å². The minimum atomic E-state index is -0.244. The number of ether oxygens (including phenoxy) is 1. The lowest BCUT2D eigenvalue weighted by Crippen LogP contribution is -2.28. The quantitative estimate of drug-likeness (QED) is 0.325. The number of benzene rings is 1. The first kappa shape index (κ1) is 21.7. The number of nitrogens with zero attached hydrogens (tertiary/aromatic N) is 4. The van der Waals surface area contributed by atoms with E-state index in [9.17, 15) is 4.79 Å². The van der Waals surface area contributed by atoms with Gasteiger partial charge in [-0.2, -0.15) is 5.10 Å². The van der Waals surface area contributed by atoms with E-state index in [0.717, 1.165) is 27.8 Å². The van der Waals surface area contributed by atoms with Crippen molar-refractivity contribution in [3.05, 3.63) is 70.8 Å². The molecule has 0 bridgehead atoms. The van der Waals surface area contributed by atoms with Crippen LogP contribution in [0.3, 0.4) is 0 Å². The van der Waals surface area contributed by atoms with Gasteiger partial charge in [0.05, 0.1) is 29.7 Å². The number of thiophene rings is 1. The standard InChI is InChI=1S/C22H19N5O3S3/c1-29-15-8-6-14(7-9-15)23-21-24-25-22(33-21)32-13-20(28)27-17(18-4-2-10-30-18)12-16(26-27)19-5-3-11-31-19/h2-11,17H,12-13H2,1H3,(H,23,24)/t17-/m0/s1. The van der Waals surface area contributed by atoms with Gasteiger partial charge in [0.25, 0.3) is 5.91 Å². The number of furan rings is 1. The Hall–Kier alpha value is -3.15. The van der Waals surface area contributed by atoms with Crippen LogP contribution >= 0.6 is 34.4 Å². The number of anilines is 2. The lowest BCUT2D eigenvalue weighted by molar-refractivity contribution is -0.130. The Kier molecular flexibility index (Phi) is 6.42. The topological polar surface area (TPSA) is 92.8 Å². The third-order valence-electron chi connectivity index (χ3n) is 4.91. The smallest absolute Gasteiger partial charge is 0.253 e. The van der Waals surface area contributed by atoms with Crippen LogP contribution in [0.25, 0.3) is 0 Å². The predicted octanol–water partition coefficient (Wildman–Crippen LogP) is 5.41. The maximum atomic E-state index is 13.1. The highest BCUT2D eigenvalue weighted by Crippen LogP contribution is 2.35. The van der Waals surface area contributed by atoms with Crippen molar-refractivity contribution in [2.75, 3.05) is 18.2 Å². The molecule has 1 N–H and O–H groups in total. The number of nitrogens with one attached hydrogen (secondary N) is 1. The molecular formula is C22H19N5O3S3. The van der Waals surface area contributed by atoms with Crippen molar-refractivity contribution in [3.8, 4) is 5.75 Å². The van der Waals surface area contributed by atoms with Gasteiger partial charge in [-0.25, -0.2) is 5.01 Å². The third-order valence-corrected chi connectivity index (χ3v) is 7.79. The SMILES string of the molecule is COc1ccc(Nc2nnc(SCC(=O)N3N=C(c4cccs4)C[C@H]3c3ccco3)s2)cc1. The van der Waals surface area contributed by atoms with E-state index in [1.165, 1.54) is 23.1 Å². The Morgan fingerprint density at radius 1 is 1.24 bits per heavy atom. The number of rotatable bonds is 8. The minimum absolute atomic E-state index is 0.104. The van der Waals surface area contributed by atoms with E-state index < -0.39 is 0 Å². The predicted molar refractivity (Wildman–Crippen MR) is 131 cm³/mol. The number of hydrazone groups is 1. The molecule has 11 heteroatoms. The van der Waals surface area contributed by atoms with Crippen molar-refractivity contribution in [3.63, 3.8) is 0 Å². The summed E-state index contributed by atoms with van der Waals surface area (Å²) < 4.78 is 11.5. The third kappa shape index (κ3) is 4.95. The van der Waals surface area contributed by atoms with Gasteiger partial charge in [-0.15, -0.1) is 21.5 Å². The number of amides is 1. The van der Waals surface area contributed by atoms with Gasteiger partial charge in [0, 0.05) is 12.1 Å². The number of methoxy groups -OCH3 is 1. The number of hydrogen-bond acceptors (Lipinski definition) is 10. The van der Waals surface area contributed by atoms with E-state index >= 15 is 0 Å². The first-order valence-corrected chi connectivity index (χ1v) is 12.7. The summed E-state index contributed by atoms with van der Waals surface area (Å²) in [6, 6.07) is 15.0. The fraction of sp³-hybridized carbons (Fsp3) is 0.182. The highest BCUT2D eigenvalue weighted by molar-refractivity contribution is 8.01. The molecule has 5 rings (SSSR count). The number of carbonyl (C=O) groups is 1. The molecule has 4 aromatic rings. The molecule has 168 valence electrons. The van der Waals surface area contributed by atoms with Gasteiger partial charge in [0.1, 0.15) is 17.6 Å². The monoisotopic (exact) mass is 497 g/mol. The number of aromatic nitrogens is 2. The first-order chi connectivity index (χ1) is 16.2. The van der Waals surface area contributed by atoms with Crippen molar-refractivity contribution in [1.82, 2.24) is 15.2 Å². The van der Waals surface area contributed by atoms with Crippen LogP contribution < -0.4 is 10.1 Å². The molecule has 0 spiro atoms. The average molecular weight is 498 g/mol. The molecule has 0 saturated heterocycles.